The maximum Gasteiger partial charge on any atom is 0.204 e. The van der Waals surface area contributed by atoms with Crippen LogP contribution in [0.15, 0.2) is 36.4 Å². The molecule has 0 spiro atoms. The van der Waals surface area contributed by atoms with E-state index in [9.17, 15) is 0 Å². The zero-order chi connectivity index (χ0) is 11.8. The molecule has 1 heterocycles. The van der Waals surface area contributed by atoms with E-state index in [1.54, 1.807) is 0 Å². The highest BCUT2D eigenvalue weighted by molar-refractivity contribution is 5.93. The number of benzene rings is 2. The van der Waals surface area contributed by atoms with Gasteiger partial charge in [0, 0.05) is 5.39 Å². The van der Waals surface area contributed by atoms with Crippen LogP contribution in [0.3, 0.4) is 0 Å². The molecule has 0 saturated carbocycles. The van der Waals surface area contributed by atoms with Gasteiger partial charge < -0.3 is 10.1 Å². The maximum absolute atomic E-state index is 9.04. The van der Waals surface area contributed by atoms with Crippen LogP contribution in [0, 0.1) is 11.3 Å². The lowest BCUT2D eigenvalue weighted by Gasteiger charge is -2.29. The van der Waals surface area contributed by atoms with E-state index in [1.807, 2.05) is 37.3 Å². The Kier molecular flexibility index (Phi) is 2.15. The number of nitrogens with one attached hydrogen (secondary N) is 1. The van der Waals surface area contributed by atoms with E-state index in [0.29, 0.717) is 0 Å². The molecule has 0 radical (unpaired) electrons. The van der Waals surface area contributed by atoms with Gasteiger partial charge in [-0.05, 0) is 18.4 Å². The third-order valence-electron chi connectivity index (χ3n) is 3.09. The molecule has 3 nitrogen and oxygen atoms in total. The van der Waals surface area contributed by atoms with Gasteiger partial charge in [0.1, 0.15) is 6.07 Å². The summed E-state index contributed by atoms with van der Waals surface area (Å²) in [7, 11) is 0. The predicted molar refractivity (Wildman–Crippen MR) is 67.1 cm³/mol. The van der Waals surface area contributed by atoms with Gasteiger partial charge in [0.25, 0.3) is 0 Å². The molecule has 0 saturated heterocycles. The van der Waals surface area contributed by atoms with Crippen molar-refractivity contribution >= 4 is 16.5 Å². The fourth-order valence-corrected chi connectivity index (χ4v) is 2.17. The summed E-state index contributed by atoms with van der Waals surface area (Å²) < 4.78 is 5.78. The van der Waals surface area contributed by atoms with E-state index in [2.05, 4.69) is 17.5 Å². The smallest absolute Gasteiger partial charge is 0.204 e. The fraction of sp³-hybridized carbons (Fsp3) is 0.214. The molecular formula is C14H12N2O. The SMILES string of the molecule is CC1Nc2ccc3ccccc3c2OC1C#N. The molecule has 2 unspecified atom stereocenters. The fourth-order valence-electron chi connectivity index (χ4n) is 2.17. The zero-order valence-electron chi connectivity index (χ0n) is 9.47. The topological polar surface area (TPSA) is 45.0 Å². The van der Waals surface area contributed by atoms with Crippen molar-refractivity contribution in [2.24, 2.45) is 0 Å². The van der Waals surface area contributed by atoms with E-state index in [4.69, 9.17) is 10.00 Å². The van der Waals surface area contributed by atoms with Crippen LogP contribution in [0.25, 0.3) is 10.8 Å². The van der Waals surface area contributed by atoms with Crippen molar-refractivity contribution in [1.82, 2.24) is 0 Å². The molecule has 17 heavy (non-hydrogen) atoms. The van der Waals surface area contributed by atoms with Crippen molar-refractivity contribution in [3.8, 4) is 11.8 Å². The van der Waals surface area contributed by atoms with Crippen molar-refractivity contribution in [1.29, 1.82) is 5.26 Å². The molecule has 1 aliphatic rings. The van der Waals surface area contributed by atoms with Crippen LogP contribution < -0.4 is 10.1 Å². The predicted octanol–water partition coefficient (Wildman–Crippen LogP) is 2.92. The molecule has 2 aromatic carbocycles. The summed E-state index contributed by atoms with van der Waals surface area (Å²) in [5, 5.41) is 14.5. The Morgan fingerprint density at radius 2 is 2.06 bits per heavy atom. The lowest BCUT2D eigenvalue weighted by molar-refractivity contribution is 0.230. The summed E-state index contributed by atoms with van der Waals surface area (Å²) in [6.07, 6.45) is -0.437. The van der Waals surface area contributed by atoms with Crippen molar-refractivity contribution in [3.63, 3.8) is 0 Å². The third kappa shape index (κ3) is 1.50. The van der Waals surface area contributed by atoms with E-state index in [1.165, 1.54) is 0 Å². The number of nitrogens with zero attached hydrogens (tertiary/aromatic N) is 1. The lowest BCUT2D eigenvalue weighted by atomic mass is 10.0. The number of rotatable bonds is 0. The minimum Gasteiger partial charge on any atom is -0.471 e. The first-order chi connectivity index (χ1) is 8.29. The van der Waals surface area contributed by atoms with E-state index >= 15 is 0 Å². The Balaban J connectivity index is 2.21. The second-order valence-corrected chi connectivity index (χ2v) is 4.26. The summed E-state index contributed by atoms with van der Waals surface area (Å²) in [5.74, 6) is 0.785. The first kappa shape index (κ1) is 9.98. The quantitative estimate of drug-likeness (QED) is 0.748. The molecule has 1 N–H and O–H groups in total. The minimum atomic E-state index is -0.437. The van der Waals surface area contributed by atoms with E-state index in [-0.39, 0.29) is 6.04 Å². The van der Waals surface area contributed by atoms with Gasteiger partial charge in [0.2, 0.25) is 6.10 Å². The molecule has 0 aromatic heterocycles. The molecule has 3 heteroatoms. The number of hydrogen-bond donors (Lipinski definition) is 1. The Morgan fingerprint density at radius 1 is 1.24 bits per heavy atom. The summed E-state index contributed by atoms with van der Waals surface area (Å²) >= 11 is 0. The number of ether oxygens (including phenoxy) is 1. The minimum absolute atomic E-state index is 0.00802. The number of hydrogen-bond acceptors (Lipinski definition) is 3. The maximum atomic E-state index is 9.04. The van der Waals surface area contributed by atoms with Crippen molar-refractivity contribution in [2.45, 2.75) is 19.1 Å². The first-order valence-corrected chi connectivity index (χ1v) is 5.64. The van der Waals surface area contributed by atoms with Crippen LogP contribution in [-0.4, -0.2) is 12.1 Å². The van der Waals surface area contributed by atoms with Crippen LogP contribution in [0.1, 0.15) is 6.92 Å². The Bertz CT molecular complexity index is 615. The van der Waals surface area contributed by atoms with Crippen LogP contribution in [0.4, 0.5) is 5.69 Å². The van der Waals surface area contributed by atoms with Crippen molar-refractivity contribution in [3.05, 3.63) is 36.4 Å². The second kappa shape index (κ2) is 3.67. The van der Waals surface area contributed by atoms with Crippen LogP contribution in [-0.2, 0) is 0 Å². The normalized spacial score (nSPS) is 22.1. The van der Waals surface area contributed by atoms with E-state index in [0.717, 1.165) is 22.2 Å². The highest BCUT2D eigenvalue weighted by Gasteiger charge is 2.26. The molecule has 3 rings (SSSR count). The summed E-state index contributed by atoms with van der Waals surface area (Å²) in [4.78, 5) is 0. The molecular weight excluding hydrogens is 212 g/mol. The standard InChI is InChI=1S/C14H12N2O/c1-9-13(8-15)17-14-11-5-3-2-4-10(11)6-7-12(14)16-9/h2-7,9,13,16H,1H3. The van der Waals surface area contributed by atoms with Gasteiger partial charge in [-0.15, -0.1) is 0 Å². The van der Waals surface area contributed by atoms with Gasteiger partial charge in [-0.2, -0.15) is 5.26 Å². The molecule has 1 aliphatic heterocycles. The lowest BCUT2D eigenvalue weighted by Crippen LogP contribution is -2.38. The van der Waals surface area contributed by atoms with Gasteiger partial charge in [0.15, 0.2) is 5.75 Å². The van der Waals surface area contributed by atoms with Gasteiger partial charge in [0.05, 0.1) is 11.7 Å². The average Bonchev–Trinajstić information content (AvgIpc) is 2.37. The highest BCUT2D eigenvalue weighted by atomic mass is 16.5. The van der Waals surface area contributed by atoms with Crippen molar-refractivity contribution in [2.75, 3.05) is 5.32 Å². The monoisotopic (exact) mass is 224 g/mol. The number of fused-ring (bicyclic) bond motifs is 3. The molecule has 0 amide bonds. The molecule has 84 valence electrons. The highest BCUT2D eigenvalue weighted by Crippen LogP contribution is 2.37. The third-order valence-corrected chi connectivity index (χ3v) is 3.09. The Hall–Kier alpha value is -2.21. The largest absolute Gasteiger partial charge is 0.471 e. The second-order valence-electron chi connectivity index (χ2n) is 4.26. The van der Waals surface area contributed by atoms with Crippen LogP contribution in [0.5, 0.6) is 5.75 Å². The first-order valence-electron chi connectivity index (χ1n) is 5.64. The van der Waals surface area contributed by atoms with Gasteiger partial charge in [-0.1, -0.05) is 30.3 Å². The molecule has 0 bridgehead atoms. The Labute approximate surface area is 99.6 Å². The summed E-state index contributed by atoms with van der Waals surface area (Å²) in [6, 6.07) is 14.3. The molecule has 2 atom stereocenters. The van der Waals surface area contributed by atoms with Crippen LogP contribution >= 0.6 is 0 Å². The zero-order valence-corrected chi connectivity index (χ0v) is 9.47. The van der Waals surface area contributed by atoms with Crippen LogP contribution in [0.2, 0.25) is 0 Å². The van der Waals surface area contributed by atoms with E-state index < -0.39 is 6.10 Å². The number of anilines is 1. The average molecular weight is 224 g/mol. The summed E-state index contributed by atoms with van der Waals surface area (Å²) in [6.45, 7) is 1.95. The molecule has 0 aliphatic carbocycles. The van der Waals surface area contributed by atoms with Gasteiger partial charge >= 0.3 is 0 Å². The van der Waals surface area contributed by atoms with Gasteiger partial charge in [-0.25, -0.2) is 0 Å². The van der Waals surface area contributed by atoms with Crippen molar-refractivity contribution < 1.29 is 4.74 Å². The number of nitriles is 1. The van der Waals surface area contributed by atoms with Gasteiger partial charge in [-0.3, -0.25) is 0 Å². The molecule has 0 fully saturated rings. The summed E-state index contributed by atoms with van der Waals surface area (Å²) in [5.41, 5.74) is 0.961. The molecule has 2 aromatic rings. The Morgan fingerprint density at radius 3 is 2.88 bits per heavy atom.